The largest absolute Gasteiger partial charge is 0.481 e. The molecule has 0 spiro atoms. The van der Waals surface area contributed by atoms with Gasteiger partial charge in [-0.1, -0.05) is 53.8 Å². The van der Waals surface area contributed by atoms with Gasteiger partial charge in [0.15, 0.2) is 5.43 Å². The third-order valence-corrected chi connectivity index (χ3v) is 4.54. The van der Waals surface area contributed by atoms with Crippen molar-refractivity contribution in [3.63, 3.8) is 0 Å². The van der Waals surface area contributed by atoms with Gasteiger partial charge in [0, 0.05) is 10.8 Å². The van der Waals surface area contributed by atoms with Crippen LogP contribution in [0.4, 0.5) is 0 Å². The van der Waals surface area contributed by atoms with E-state index in [4.69, 9.17) is 4.74 Å². The lowest BCUT2D eigenvalue weighted by Crippen LogP contribution is -2.11. The Kier molecular flexibility index (Phi) is 4.63. The first-order valence-corrected chi connectivity index (χ1v) is 8.89. The molecule has 0 atom stereocenters. The summed E-state index contributed by atoms with van der Waals surface area (Å²) >= 11 is 0. The van der Waals surface area contributed by atoms with Gasteiger partial charge in [0.1, 0.15) is 12.4 Å². The van der Waals surface area contributed by atoms with Crippen LogP contribution in [0.25, 0.3) is 21.8 Å². The molecule has 132 valence electrons. The van der Waals surface area contributed by atoms with Gasteiger partial charge in [0.05, 0.1) is 17.6 Å². The number of aryl methyl sites for hydroxylation is 1. The topological polar surface area (TPSA) is 31.2 Å². The molecule has 0 N–H and O–H groups in total. The fraction of sp³-hybridized carbons (Fsp3) is 0.125. The number of aromatic nitrogens is 1. The maximum absolute atomic E-state index is 12.9. The van der Waals surface area contributed by atoms with Gasteiger partial charge in [0.2, 0.25) is 0 Å². The molecule has 0 aliphatic heterocycles. The van der Waals surface area contributed by atoms with Crippen molar-refractivity contribution in [1.29, 1.82) is 0 Å². The SMILES string of the molecule is Cc1ccc2c(c1)c(=O)c1ccccc1n2CC#CCOc1ccccc1. The molecule has 1 heterocycles. The Balaban J connectivity index is 1.69. The Bertz CT molecular complexity index is 1230. The molecule has 0 bridgehead atoms. The molecule has 0 aliphatic rings. The molecule has 3 heteroatoms. The van der Waals surface area contributed by atoms with E-state index >= 15 is 0 Å². The first-order valence-electron chi connectivity index (χ1n) is 8.89. The summed E-state index contributed by atoms with van der Waals surface area (Å²) in [5.41, 5.74) is 2.95. The van der Waals surface area contributed by atoms with E-state index in [2.05, 4.69) is 16.4 Å². The fourth-order valence-electron chi connectivity index (χ4n) is 3.24. The molecule has 0 aliphatic carbocycles. The molecule has 0 saturated carbocycles. The van der Waals surface area contributed by atoms with Crippen molar-refractivity contribution in [3.05, 3.63) is 88.6 Å². The first kappa shape index (κ1) is 16.9. The molecule has 0 amide bonds. The van der Waals surface area contributed by atoms with Crippen LogP contribution in [-0.2, 0) is 6.54 Å². The van der Waals surface area contributed by atoms with Gasteiger partial charge < -0.3 is 9.30 Å². The van der Waals surface area contributed by atoms with Crippen molar-refractivity contribution < 1.29 is 4.74 Å². The highest BCUT2D eigenvalue weighted by Gasteiger charge is 2.09. The van der Waals surface area contributed by atoms with E-state index in [1.165, 1.54) is 0 Å². The van der Waals surface area contributed by atoms with Gasteiger partial charge in [-0.05, 0) is 43.3 Å². The van der Waals surface area contributed by atoms with Crippen molar-refractivity contribution in [2.75, 3.05) is 6.61 Å². The lowest BCUT2D eigenvalue weighted by atomic mass is 10.1. The van der Waals surface area contributed by atoms with Gasteiger partial charge in [0.25, 0.3) is 0 Å². The van der Waals surface area contributed by atoms with Crippen molar-refractivity contribution in [3.8, 4) is 17.6 Å². The molecule has 4 rings (SSSR count). The van der Waals surface area contributed by atoms with Crippen LogP contribution in [0.15, 0.2) is 77.6 Å². The van der Waals surface area contributed by atoms with E-state index in [1.54, 1.807) is 0 Å². The predicted molar refractivity (Wildman–Crippen MR) is 110 cm³/mol. The highest BCUT2D eigenvalue weighted by molar-refractivity contribution is 5.93. The molecular weight excluding hydrogens is 334 g/mol. The number of hydrogen-bond donors (Lipinski definition) is 0. The second-order valence-electron chi connectivity index (χ2n) is 6.41. The summed E-state index contributed by atoms with van der Waals surface area (Å²) in [6.07, 6.45) is 0. The summed E-state index contributed by atoms with van der Waals surface area (Å²) < 4.78 is 7.72. The Labute approximate surface area is 157 Å². The van der Waals surface area contributed by atoms with E-state index in [1.807, 2.05) is 79.7 Å². The summed E-state index contributed by atoms with van der Waals surface area (Å²) in [5.74, 6) is 7.05. The summed E-state index contributed by atoms with van der Waals surface area (Å²) in [6, 6.07) is 23.3. The third-order valence-electron chi connectivity index (χ3n) is 4.54. The summed E-state index contributed by atoms with van der Waals surface area (Å²) in [6.45, 7) is 2.83. The van der Waals surface area contributed by atoms with Crippen LogP contribution >= 0.6 is 0 Å². The number of pyridine rings is 1. The van der Waals surface area contributed by atoms with Crippen molar-refractivity contribution in [2.24, 2.45) is 0 Å². The Morgan fingerprint density at radius 1 is 0.852 bits per heavy atom. The Morgan fingerprint density at radius 3 is 2.44 bits per heavy atom. The minimum absolute atomic E-state index is 0.0703. The maximum atomic E-state index is 12.9. The zero-order valence-electron chi connectivity index (χ0n) is 15.1. The minimum atomic E-state index is 0.0703. The molecule has 1 aromatic heterocycles. The van der Waals surface area contributed by atoms with Gasteiger partial charge in [-0.3, -0.25) is 4.79 Å². The average Bonchev–Trinajstić information content (AvgIpc) is 2.71. The third kappa shape index (κ3) is 3.43. The summed E-state index contributed by atoms with van der Waals surface area (Å²) in [5, 5.41) is 1.45. The van der Waals surface area contributed by atoms with Crippen LogP contribution < -0.4 is 10.2 Å². The van der Waals surface area contributed by atoms with Crippen molar-refractivity contribution in [2.45, 2.75) is 13.5 Å². The van der Waals surface area contributed by atoms with Crippen LogP contribution in [0, 0.1) is 18.8 Å². The van der Waals surface area contributed by atoms with Crippen LogP contribution in [0.1, 0.15) is 5.56 Å². The van der Waals surface area contributed by atoms with Gasteiger partial charge in [-0.15, -0.1) is 0 Å². The van der Waals surface area contributed by atoms with Crippen LogP contribution in [-0.4, -0.2) is 11.2 Å². The average molecular weight is 353 g/mol. The van der Waals surface area contributed by atoms with Crippen molar-refractivity contribution in [1.82, 2.24) is 4.57 Å². The maximum Gasteiger partial charge on any atom is 0.197 e. The van der Waals surface area contributed by atoms with Crippen LogP contribution in [0.5, 0.6) is 5.75 Å². The number of benzene rings is 3. The number of para-hydroxylation sites is 2. The lowest BCUT2D eigenvalue weighted by Gasteiger charge is -2.13. The highest BCUT2D eigenvalue weighted by atomic mass is 16.5. The van der Waals surface area contributed by atoms with E-state index in [0.29, 0.717) is 13.2 Å². The molecule has 0 fully saturated rings. The Morgan fingerprint density at radius 2 is 1.59 bits per heavy atom. The number of hydrogen-bond acceptors (Lipinski definition) is 2. The van der Waals surface area contributed by atoms with E-state index < -0.39 is 0 Å². The van der Waals surface area contributed by atoms with Gasteiger partial charge in [-0.25, -0.2) is 0 Å². The minimum Gasteiger partial charge on any atom is -0.481 e. The molecule has 0 unspecified atom stereocenters. The summed E-state index contributed by atoms with van der Waals surface area (Å²) in [7, 11) is 0. The van der Waals surface area contributed by atoms with Crippen LogP contribution in [0.2, 0.25) is 0 Å². The second-order valence-corrected chi connectivity index (χ2v) is 6.41. The van der Waals surface area contributed by atoms with E-state index in [0.717, 1.165) is 33.1 Å². The fourth-order valence-corrected chi connectivity index (χ4v) is 3.24. The lowest BCUT2D eigenvalue weighted by molar-refractivity contribution is 0.370. The smallest absolute Gasteiger partial charge is 0.197 e. The standard InChI is InChI=1S/C24H19NO2/c1-18-13-14-23-21(17-18)24(26)20-11-5-6-12-22(20)25(23)15-7-8-16-27-19-9-3-2-4-10-19/h2-6,9-14,17H,15-16H2,1H3. The predicted octanol–water partition coefficient (Wildman–Crippen LogP) is 4.55. The monoisotopic (exact) mass is 353 g/mol. The van der Waals surface area contributed by atoms with E-state index in [9.17, 15) is 4.79 Å². The molecule has 0 saturated heterocycles. The first-order chi connectivity index (χ1) is 13.2. The molecule has 3 nitrogen and oxygen atoms in total. The second kappa shape index (κ2) is 7.39. The van der Waals surface area contributed by atoms with Gasteiger partial charge >= 0.3 is 0 Å². The zero-order valence-corrected chi connectivity index (χ0v) is 15.1. The molecular formula is C24H19NO2. The zero-order chi connectivity index (χ0) is 18.6. The molecule has 4 aromatic rings. The molecule has 27 heavy (non-hydrogen) atoms. The quantitative estimate of drug-likeness (QED) is 0.400. The van der Waals surface area contributed by atoms with E-state index in [-0.39, 0.29) is 5.43 Å². The number of nitrogens with zero attached hydrogens (tertiary/aromatic N) is 1. The molecule has 0 radical (unpaired) electrons. The molecule has 3 aromatic carbocycles. The number of rotatable bonds is 3. The highest BCUT2D eigenvalue weighted by Crippen LogP contribution is 2.20. The van der Waals surface area contributed by atoms with Crippen LogP contribution in [0.3, 0.4) is 0 Å². The number of fused-ring (bicyclic) bond motifs is 2. The van der Waals surface area contributed by atoms with Crippen molar-refractivity contribution >= 4 is 21.8 Å². The Hall–Kier alpha value is -3.51. The normalized spacial score (nSPS) is 10.6. The summed E-state index contributed by atoms with van der Waals surface area (Å²) in [4.78, 5) is 12.9. The van der Waals surface area contributed by atoms with Gasteiger partial charge in [-0.2, -0.15) is 0 Å². The number of ether oxygens (including phenoxy) is 1.